The molecule has 1 fully saturated rings. The minimum atomic E-state index is -0.282. The van der Waals surface area contributed by atoms with E-state index in [1.165, 1.54) is 18.6 Å². The van der Waals surface area contributed by atoms with E-state index >= 15 is 0 Å². The molecule has 4 heteroatoms. The van der Waals surface area contributed by atoms with Crippen molar-refractivity contribution >= 4 is 6.03 Å². The van der Waals surface area contributed by atoms with Crippen LogP contribution in [0.5, 0.6) is 0 Å². The Morgan fingerprint density at radius 3 is 2.82 bits per heavy atom. The predicted molar refractivity (Wildman–Crippen MR) is 64.1 cm³/mol. The number of carbonyl (C=O) groups excluding carboxylic acids is 1. The SMILES string of the molecule is CC(NC(=O)NC1CCC1)c1cccc(F)c1. The number of urea groups is 1. The van der Waals surface area contributed by atoms with Crippen LogP contribution < -0.4 is 10.6 Å². The van der Waals surface area contributed by atoms with Crippen LogP contribution in [-0.4, -0.2) is 12.1 Å². The fraction of sp³-hybridized carbons (Fsp3) is 0.462. The van der Waals surface area contributed by atoms with Crippen molar-refractivity contribution in [3.63, 3.8) is 0 Å². The first-order valence-corrected chi connectivity index (χ1v) is 5.97. The van der Waals surface area contributed by atoms with E-state index in [1.54, 1.807) is 12.1 Å². The number of hydrogen-bond acceptors (Lipinski definition) is 1. The van der Waals surface area contributed by atoms with Crippen LogP contribution in [0, 0.1) is 5.82 Å². The van der Waals surface area contributed by atoms with E-state index in [0.717, 1.165) is 18.4 Å². The zero-order chi connectivity index (χ0) is 12.3. The molecule has 0 radical (unpaired) electrons. The first-order chi connectivity index (χ1) is 8.15. The molecule has 92 valence electrons. The lowest BCUT2D eigenvalue weighted by atomic mass is 9.93. The van der Waals surface area contributed by atoms with E-state index in [4.69, 9.17) is 0 Å². The van der Waals surface area contributed by atoms with Gasteiger partial charge in [0.1, 0.15) is 5.82 Å². The summed E-state index contributed by atoms with van der Waals surface area (Å²) in [5.74, 6) is -0.282. The maximum atomic E-state index is 13.0. The summed E-state index contributed by atoms with van der Waals surface area (Å²) in [6.07, 6.45) is 3.30. The molecule has 1 aromatic rings. The Hall–Kier alpha value is -1.58. The number of nitrogens with one attached hydrogen (secondary N) is 2. The quantitative estimate of drug-likeness (QED) is 0.832. The number of amides is 2. The molecular weight excluding hydrogens is 219 g/mol. The third kappa shape index (κ3) is 3.19. The zero-order valence-electron chi connectivity index (χ0n) is 9.87. The molecule has 1 aliphatic carbocycles. The van der Waals surface area contributed by atoms with Gasteiger partial charge in [-0.3, -0.25) is 0 Å². The van der Waals surface area contributed by atoms with E-state index in [9.17, 15) is 9.18 Å². The Morgan fingerprint density at radius 2 is 2.24 bits per heavy atom. The minimum Gasteiger partial charge on any atom is -0.335 e. The average molecular weight is 236 g/mol. The van der Waals surface area contributed by atoms with Crippen LogP contribution in [0.3, 0.4) is 0 Å². The van der Waals surface area contributed by atoms with Gasteiger partial charge in [-0.05, 0) is 43.9 Å². The van der Waals surface area contributed by atoms with Crippen molar-refractivity contribution < 1.29 is 9.18 Å². The average Bonchev–Trinajstić information content (AvgIpc) is 2.23. The van der Waals surface area contributed by atoms with Crippen molar-refractivity contribution in [2.45, 2.75) is 38.3 Å². The second-order valence-electron chi connectivity index (χ2n) is 4.52. The Labute approximate surface area is 100 Å². The van der Waals surface area contributed by atoms with Gasteiger partial charge in [0.15, 0.2) is 0 Å². The van der Waals surface area contributed by atoms with Crippen LogP contribution in [0.25, 0.3) is 0 Å². The standard InChI is InChI=1S/C13H17FN2O/c1-9(10-4-2-5-11(14)8-10)15-13(17)16-12-6-3-7-12/h2,4-5,8-9,12H,3,6-7H2,1H3,(H2,15,16,17). The number of halogens is 1. The van der Waals surface area contributed by atoms with Crippen LogP contribution in [0.15, 0.2) is 24.3 Å². The van der Waals surface area contributed by atoms with Crippen molar-refractivity contribution in [3.8, 4) is 0 Å². The summed E-state index contributed by atoms with van der Waals surface area (Å²) in [6, 6.07) is 6.23. The molecule has 17 heavy (non-hydrogen) atoms. The van der Waals surface area contributed by atoms with Crippen LogP contribution in [0.4, 0.5) is 9.18 Å². The highest BCUT2D eigenvalue weighted by molar-refractivity contribution is 5.74. The summed E-state index contributed by atoms with van der Waals surface area (Å²) in [5.41, 5.74) is 0.772. The largest absolute Gasteiger partial charge is 0.335 e. The molecule has 0 aliphatic heterocycles. The Morgan fingerprint density at radius 1 is 1.47 bits per heavy atom. The van der Waals surface area contributed by atoms with Crippen molar-refractivity contribution in [2.24, 2.45) is 0 Å². The predicted octanol–water partition coefficient (Wildman–Crippen LogP) is 2.74. The maximum Gasteiger partial charge on any atom is 0.315 e. The van der Waals surface area contributed by atoms with Gasteiger partial charge >= 0.3 is 6.03 Å². The second-order valence-corrected chi connectivity index (χ2v) is 4.52. The van der Waals surface area contributed by atoms with Crippen molar-refractivity contribution in [3.05, 3.63) is 35.6 Å². The van der Waals surface area contributed by atoms with Gasteiger partial charge in [-0.1, -0.05) is 12.1 Å². The van der Waals surface area contributed by atoms with E-state index in [1.807, 2.05) is 6.92 Å². The molecule has 0 saturated heterocycles. The third-order valence-electron chi connectivity index (χ3n) is 3.14. The first kappa shape index (κ1) is 11.9. The summed E-state index contributed by atoms with van der Waals surface area (Å²) >= 11 is 0. The van der Waals surface area contributed by atoms with Crippen molar-refractivity contribution in [1.82, 2.24) is 10.6 Å². The number of hydrogen-bond donors (Lipinski definition) is 2. The molecule has 3 nitrogen and oxygen atoms in total. The highest BCUT2D eigenvalue weighted by atomic mass is 19.1. The molecule has 0 heterocycles. The molecule has 0 aromatic heterocycles. The normalized spacial score (nSPS) is 17.1. The van der Waals surface area contributed by atoms with Gasteiger partial charge in [0.05, 0.1) is 6.04 Å². The lowest BCUT2D eigenvalue weighted by molar-refractivity contribution is 0.225. The molecule has 2 amide bonds. The van der Waals surface area contributed by atoms with E-state index in [-0.39, 0.29) is 17.9 Å². The van der Waals surface area contributed by atoms with E-state index < -0.39 is 0 Å². The van der Waals surface area contributed by atoms with Crippen molar-refractivity contribution in [2.75, 3.05) is 0 Å². The molecule has 0 spiro atoms. The van der Waals surface area contributed by atoms with Gasteiger partial charge in [0.25, 0.3) is 0 Å². The third-order valence-corrected chi connectivity index (χ3v) is 3.14. The lowest BCUT2D eigenvalue weighted by Crippen LogP contribution is -2.45. The van der Waals surface area contributed by atoms with Gasteiger partial charge in [-0.15, -0.1) is 0 Å². The van der Waals surface area contributed by atoms with Gasteiger partial charge in [-0.25, -0.2) is 9.18 Å². The highest BCUT2D eigenvalue weighted by Crippen LogP contribution is 2.18. The molecule has 1 atom stereocenters. The summed E-state index contributed by atoms with van der Waals surface area (Å²) in [4.78, 5) is 11.6. The van der Waals surface area contributed by atoms with Crippen LogP contribution in [-0.2, 0) is 0 Å². The van der Waals surface area contributed by atoms with E-state index in [0.29, 0.717) is 6.04 Å². The number of carbonyl (C=O) groups is 1. The highest BCUT2D eigenvalue weighted by Gasteiger charge is 2.20. The smallest absolute Gasteiger partial charge is 0.315 e. The molecule has 1 aromatic carbocycles. The summed E-state index contributed by atoms with van der Waals surface area (Å²) in [6.45, 7) is 1.84. The topological polar surface area (TPSA) is 41.1 Å². The zero-order valence-corrected chi connectivity index (χ0v) is 9.87. The number of benzene rings is 1. The van der Waals surface area contributed by atoms with Crippen molar-refractivity contribution in [1.29, 1.82) is 0 Å². The number of rotatable bonds is 3. The molecule has 2 N–H and O–H groups in total. The van der Waals surface area contributed by atoms with Crippen LogP contribution >= 0.6 is 0 Å². The summed E-state index contributed by atoms with van der Waals surface area (Å²) < 4.78 is 13.0. The monoisotopic (exact) mass is 236 g/mol. The van der Waals surface area contributed by atoms with Gasteiger partial charge < -0.3 is 10.6 Å². The maximum absolute atomic E-state index is 13.0. The van der Waals surface area contributed by atoms with Gasteiger partial charge in [0, 0.05) is 6.04 Å². The molecule has 2 rings (SSSR count). The lowest BCUT2D eigenvalue weighted by Gasteiger charge is -2.27. The minimum absolute atomic E-state index is 0.175. The van der Waals surface area contributed by atoms with Crippen LogP contribution in [0.1, 0.15) is 37.8 Å². The first-order valence-electron chi connectivity index (χ1n) is 5.97. The fourth-order valence-electron chi connectivity index (χ4n) is 1.84. The van der Waals surface area contributed by atoms with Crippen LogP contribution in [0.2, 0.25) is 0 Å². The summed E-state index contributed by atoms with van der Waals surface area (Å²) in [5, 5.41) is 5.69. The Bertz CT molecular complexity index is 404. The van der Waals surface area contributed by atoms with Gasteiger partial charge in [0.2, 0.25) is 0 Å². The Kier molecular flexibility index (Phi) is 3.61. The molecule has 0 bridgehead atoms. The fourth-order valence-corrected chi connectivity index (χ4v) is 1.84. The summed E-state index contributed by atoms with van der Waals surface area (Å²) in [7, 11) is 0. The molecular formula is C13H17FN2O. The van der Waals surface area contributed by atoms with E-state index in [2.05, 4.69) is 10.6 Å². The molecule has 1 unspecified atom stereocenters. The Balaban J connectivity index is 1.87. The molecule has 1 aliphatic rings. The second kappa shape index (κ2) is 5.17. The van der Waals surface area contributed by atoms with Gasteiger partial charge in [-0.2, -0.15) is 0 Å². The molecule has 1 saturated carbocycles.